The van der Waals surface area contributed by atoms with E-state index in [0.717, 1.165) is 5.69 Å². The third kappa shape index (κ3) is 7.46. The van der Waals surface area contributed by atoms with Gasteiger partial charge in [-0.1, -0.05) is 17.7 Å². The number of aromatic nitrogens is 1. The minimum atomic E-state index is -0.737. The predicted molar refractivity (Wildman–Crippen MR) is 103 cm³/mol. The van der Waals surface area contributed by atoms with Crippen molar-refractivity contribution in [3.63, 3.8) is 0 Å². The molecule has 1 unspecified atom stereocenters. The average molecular weight is 409 g/mol. The molecule has 1 aromatic carbocycles. The van der Waals surface area contributed by atoms with Crippen LogP contribution in [0.1, 0.15) is 5.69 Å². The van der Waals surface area contributed by atoms with Gasteiger partial charge in [-0.3, -0.25) is 9.78 Å². The van der Waals surface area contributed by atoms with Crippen molar-refractivity contribution in [2.24, 2.45) is 5.73 Å². The number of nitrogens with two attached hydrogens (primary N) is 1. The molecule has 25 heavy (non-hydrogen) atoms. The number of hydrogen-bond donors (Lipinski definition) is 2. The molecule has 1 amide bonds. The lowest BCUT2D eigenvalue weighted by molar-refractivity contribution is -0.118. The molecule has 0 saturated carbocycles. The molecule has 1 atom stereocenters. The van der Waals surface area contributed by atoms with Crippen LogP contribution in [0.25, 0.3) is 0 Å². The minimum absolute atomic E-state index is 0. The van der Waals surface area contributed by atoms with Gasteiger partial charge in [-0.05, 0) is 30.3 Å². The van der Waals surface area contributed by atoms with Crippen LogP contribution in [0.3, 0.4) is 0 Å². The van der Waals surface area contributed by atoms with Gasteiger partial charge >= 0.3 is 0 Å². The zero-order valence-corrected chi connectivity index (χ0v) is 15.9. The fourth-order valence-electron chi connectivity index (χ4n) is 1.82. The van der Waals surface area contributed by atoms with Gasteiger partial charge in [0.15, 0.2) is 0 Å². The first-order valence-corrected chi connectivity index (χ1v) is 7.35. The second kappa shape index (κ2) is 11.9. The molecule has 0 spiro atoms. The number of rotatable bonds is 7. The number of nitrogens with zero attached hydrogens (tertiary/aromatic N) is 1. The normalized spacial score (nSPS) is 10.8. The van der Waals surface area contributed by atoms with Crippen molar-refractivity contribution in [3.05, 3.63) is 53.3 Å². The van der Waals surface area contributed by atoms with Gasteiger partial charge in [0.25, 0.3) is 0 Å². The molecule has 0 aliphatic carbocycles. The third-order valence-corrected chi connectivity index (χ3v) is 3.28. The molecule has 0 radical (unpaired) electrons. The number of benzene rings is 1. The van der Waals surface area contributed by atoms with Crippen LogP contribution < -0.4 is 15.8 Å². The Balaban J connectivity index is 0.00000288. The first kappa shape index (κ1) is 23.4. The van der Waals surface area contributed by atoms with Crippen molar-refractivity contribution in [1.29, 1.82) is 0 Å². The number of ether oxygens (including phenoxy) is 2. The smallest absolute Gasteiger partial charge is 0.243 e. The van der Waals surface area contributed by atoms with Crippen LogP contribution in [-0.4, -0.2) is 30.6 Å². The van der Waals surface area contributed by atoms with E-state index in [4.69, 9.17) is 26.8 Å². The summed E-state index contributed by atoms with van der Waals surface area (Å²) in [6.45, 7) is 0.454. The van der Waals surface area contributed by atoms with Crippen LogP contribution in [0.2, 0.25) is 5.02 Å². The molecule has 6 nitrogen and oxygen atoms in total. The van der Waals surface area contributed by atoms with Gasteiger partial charge in [0.1, 0.15) is 18.4 Å². The van der Waals surface area contributed by atoms with Gasteiger partial charge in [0.05, 0.1) is 17.3 Å². The molecule has 0 saturated heterocycles. The fourth-order valence-corrected chi connectivity index (χ4v) is 2.06. The Kier molecular flexibility index (Phi) is 11.1. The summed E-state index contributed by atoms with van der Waals surface area (Å²) in [4.78, 5) is 16.0. The van der Waals surface area contributed by atoms with E-state index in [9.17, 15) is 4.79 Å². The summed E-state index contributed by atoms with van der Waals surface area (Å²) in [5.74, 6) is 0.168. The van der Waals surface area contributed by atoms with Crippen LogP contribution >= 0.6 is 36.4 Å². The molecule has 2 aromatic rings. The molecule has 1 heterocycles. The number of hydrogen-bond acceptors (Lipinski definition) is 5. The fraction of sp³-hybridized carbons (Fsp3) is 0.250. The van der Waals surface area contributed by atoms with E-state index in [2.05, 4.69) is 10.3 Å². The molecule has 0 aliphatic rings. The van der Waals surface area contributed by atoms with E-state index in [-0.39, 0.29) is 37.3 Å². The summed E-state index contributed by atoms with van der Waals surface area (Å²) < 4.78 is 10.5. The van der Waals surface area contributed by atoms with Crippen LogP contribution in [0.15, 0.2) is 42.6 Å². The lowest BCUT2D eigenvalue weighted by Crippen LogP contribution is -2.39. The second-order valence-corrected chi connectivity index (χ2v) is 5.21. The highest BCUT2D eigenvalue weighted by molar-refractivity contribution is 6.32. The van der Waals surface area contributed by atoms with Crippen LogP contribution in [0.5, 0.6) is 5.75 Å². The Morgan fingerprint density at radius 1 is 1.32 bits per heavy atom. The number of nitrogens with one attached hydrogen (secondary N) is 1. The van der Waals surface area contributed by atoms with Crippen molar-refractivity contribution in [3.8, 4) is 5.75 Å². The van der Waals surface area contributed by atoms with Crippen LogP contribution in [-0.2, 0) is 16.1 Å². The highest BCUT2D eigenvalue weighted by Crippen LogP contribution is 2.28. The quantitative estimate of drug-likeness (QED) is 0.735. The van der Waals surface area contributed by atoms with Crippen molar-refractivity contribution < 1.29 is 14.3 Å². The number of anilines is 1. The number of carbonyl (C=O) groups is 1. The SMILES string of the molecule is COCC(N)C(=O)Nc1ccc(OCc2ccccn2)c(Cl)c1.Cl.Cl. The first-order valence-electron chi connectivity index (χ1n) is 6.98. The van der Waals surface area contributed by atoms with E-state index in [1.54, 1.807) is 24.4 Å². The summed E-state index contributed by atoms with van der Waals surface area (Å²) in [5, 5.41) is 3.06. The zero-order chi connectivity index (χ0) is 16.7. The summed E-state index contributed by atoms with van der Waals surface area (Å²) in [7, 11) is 1.48. The van der Waals surface area contributed by atoms with E-state index >= 15 is 0 Å². The molecule has 3 N–H and O–H groups in total. The van der Waals surface area contributed by atoms with E-state index in [0.29, 0.717) is 23.1 Å². The second-order valence-electron chi connectivity index (χ2n) is 4.81. The van der Waals surface area contributed by atoms with Crippen molar-refractivity contribution in [2.75, 3.05) is 19.0 Å². The maximum atomic E-state index is 11.8. The van der Waals surface area contributed by atoms with Gasteiger partial charge in [-0.2, -0.15) is 0 Å². The van der Waals surface area contributed by atoms with E-state index < -0.39 is 6.04 Å². The standard InChI is InChI=1S/C16H18ClN3O3.2ClH/c1-22-10-14(18)16(21)20-11-5-6-15(13(17)8-11)23-9-12-4-2-3-7-19-12;;/h2-8,14H,9-10,18H2,1H3,(H,20,21);2*1H. The molecular weight excluding hydrogens is 389 g/mol. The predicted octanol–water partition coefficient (Wildman–Crippen LogP) is 3.07. The Hall–Kier alpha value is -1.57. The monoisotopic (exact) mass is 407 g/mol. The largest absolute Gasteiger partial charge is 0.486 e. The third-order valence-electron chi connectivity index (χ3n) is 2.98. The summed E-state index contributed by atoms with van der Waals surface area (Å²) in [6, 6.07) is 9.82. The zero-order valence-electron chi connectivity index (χ0n) is 13.5. The first-order chi connectivity index (χ1) is 11.1. The maximum Gasteiger partial charge on any atom is 0.243 e. The average Bonchev–Trinajstić information content (AvgIpc) is 2.55. The van der Waals surface area contributed by atoms with Gasteiger partial charge in [0.2, 0.25) is 5.91 Å². The van der Waals surface area contributed by atoms with E-state index in [1.807, 2.05) is 18.2 Å². The number of methoxy groups -OCH3 is 1. The number of carbonyl (C=O) groups excluding carboxylic acids is 1. The van der Waals surface area contributed by atoms with Crippen LogP contribution in [0, 0.1) is 0 Å². The summed E-state index contributed by atoms with van der Waals surface area (Å²) in [5.41, 5.74) is 6.99. The topological polar surface area (TPSA) is 86.5 Å². The molecule has 0 fully saturated rings. The summed E-state index contributed by atoms with van der Waals surface area (Å²) >= 11 is 6.17. The highest BCUT2D eigenvalue weighted by atomic mass is 35.5. The van der Waals surface area contributed by atoms with Crippen molar-refractivity contribution >= 4 is 48.0 Å². The Labute approximate surface area is 163 Å². The molecular formula is C16H20Cl3N3O3. The van der Waals surface area contributed by atoms with Gasteiger partial charge in [-0.15, -0.1) is 24.8 Å². The lowest BCUT2D eigenvalue weighted by Gasteiger charge is -2.13. The van der Waals surface area contributed by atoms with Gasteiger partial charge in [0, 0.05) is 19.0 Å². The maximum absolute atomic E-state index is 11.8. The number of amides is 1. The Morgan fingerprint density at radius 2 is 2.08 bits per heavy atom. The molecule has 9 heteroatoms. The van der Waals surface area contributed by atoms with Crippen molar-refractivity contribution in [1.82, 2.24) is 4.98 Å². The molecule has 0 aliphatic heterocycles. The number of halogens is 3. The molecule has 138 valence electrons. The van der Waals surface area contributed by atoms with Gasteiger partial charge < -0.3 is 20.5 Å². The van der Waals surface area contributed by atoms with E-state index in [1.165, 1.54) is 7.11 Å². The van der Waals surface area contributed by atoms with Gasteiger partial charge in [-0.25, -0.2) is 0 Å². The molecule has 2 rings (SSSR count). The lowest BCUT2D eigenvalue weighted by atomic mass is 10.2. The highest BCUT2D eigenvalue weighted by Gasteiger charge is 2.14. The molecule has 0 bridgehead atoms. The van der Waals surface area contributed by atoms with Crippen LogP contribution in [0.4, 0.5) is 5.69 Å². The summed E-state index contributed by atoms with van der Waals surface area (Å²) in [6.07, 6.45) is 1.70. The Morgan fingerprint density at radius 3 is 2.68 bits per heavy atom. The number of pyridine rings is 1. The Bertz CT molecular complexity index is 660. The minimum Gasteiger partial charge on any atom is -0.486 e. The molecule has 1 aromatic heterocycles. The van der Waals surface area contributed by atoms with Crippen molar-refractivity contribution in [2.45, 2.75) is 12.6 Å².